The van der Waals surface area contributed by atoms with E-state index in [1.807, 2.05) is 0 Å². The molecule has 0 atom stereocenters. The molecule has 0 radical (unpaired) electrons. The number of methoxy groups -OCH3 is 2. The van der Waals surface area contributed by atoms with E-state index in [-0.39, 0.29) is 10.6 Å². The second-order valence-corrected chi connectivity index (χ2v) is 10.6. The molecule has 9 heteroatoms. The molecule has 0 aliphatic carbocycles. The highest BCUT2D eigenvalue weighted by atomic mass is 32.2. The van der Waals surface area contributed by atoms with Crippen LogP contribution in [0.25, 0.3) is 0 Å². The molecule has 1 aliphatic heterocycles. The monoisotopic (exact) mass is 490 g/mol. The molecule has 0 aromatic heterocycles. The van der Waals surface area contributed by atoms with Gasteiger partial charge in [-0.3, -0.25) is 4.79 Å². The Bertz CT molecular complexity index is 1090. The van der Waals surface area contributed by atoms with E-state index < -0.39 is 15.9 Å². The van der Waals surface area contributed by atoms with Crippen molar-refractivity contribution in [3.8, 4) is 17.2 Å². The van der Waals surface area contributed by atoms with Crippen LogP contribution in [-0.4, -0.2) is 52.5 Å². The van der Waals surface area contributed by atoms with Gasteiger partial charge in [-0.25, -0.2) is 8.42 Å². The van der Waals surface area contributed by atoms with Crippen molar-refractivity contribution in [1.82, 2.24) is 4.31 Å². The molecular weight excluding hydrogens is 456 g/mol. The lowest BCUT2D eigenvalue weighted by Gasteiger charge is -2.26. The second kappa shape index (κ2) is 11.6. The molecule has 0 bridgehead atoms. The molecule has 1 N–H and O–H groups in total. The van der Waals surface area contributed by atoms with Gasteiger partial charge < -0.3 is 19.5 Å². The quantitative estimate of drug-likeness (QED) is 0.525. The van der Waals surface area contributed by atoms with Gasteiger partial charge in [-0.2, -0.15) is 4.31 Å². The van der Waals surface area contributed by atoms with Gasteiger partial charge in [-0.15, -0.1) is 0 Å². The van der Waals surface area contributed by atoms with E-state index in [0.717, 1.165) is 25.7 Å². The Balaban J connectivity index is 1.80. The van der Waals surface area contributed by atoms with Crippen molar-refractivity contribution in [3.63, 3.8) is 0 Å². The van der Waals surface area contributed by atoms with Crippen molar-refractivity contribution in [3.05, 3.63) is 42.0 Å². The van der Waals surface area contributed by atoms with Crippen LogP contribution in [0.2, 0.25) is 0 Å². The van der Waals surface area contributed by atoms with Gasteiger partial charge >= 0.3 is 0 Å². The normalized spacial score (nSPS) is 14.6. The number of nitrogens with zero attached hydrogens (tertiary/aromatic N) is 1. The summed E-state index contributed by atoms with van der Waals surface area (Å²) in [4.78, 5) is 13.0. The van der Waals surface area contributed by atoms with Gasteiger partial charge in [-0.1, -0.05) is 20.3 Å². The number of nitrogens with one attached hydrogen (secondary N) is 1. The fourth-order valence-corrected chi connectivity index (χ4v) is 5.43. The Morgan fingerprint density at radius 1 is 0.971 bits per heavy atom. The number of hydrogen-bond acceptors (Lipinski definition) is 6. The van der Waals surface area contributed by atoms with E-state index in [1.54, 1.807) is 30.3 Å². The number of hydrogen-bond donors (Lipinski definition) is 1. The lowest BCUT2D eigenvalue weighted by Crippen LogP contribution is -2.35. The number of ether oxygens (including phenoxy) is 3. The predicted molar refractivity (Wildman–Crippen MR) is 132 cm³/mol. The molecule has 1 amide bonds. The van der Waals surface area contributed by atoms with Crippen LogP contribution in [0.4, 0.5) is 5.69 Å². The number of sulfonamides is 1. The molecule has 34 heavy (non-hydrogen) atoms. The van der Waals surface area contributed by atoms with Gasteiger partial charge in [0.2, 0.25) is 10.0 Å². The minimum atomic E-state index is -3.74. The van der Waals surface area contributed by atoms with Crippen LogP contribution in [-0.2, 0) is 10.0 Å². The second-order valence-electron chi connectivity index (χ2n) is 8.68. The maximum absolute atomic E-state index is 13.2. The summed E-state index contributed by atoms with van der Waals surface area (Å²) in [5, 5.41) is 2.78. The lowest BCUT2D eigenvalue weighted by atomic mass is 10.1. The van der Waals surface area contributed by atoms with Crippen LogP contribution in [0.5, 0.6) is 17.2 Å². The molecule has 0 unspecified atom stereocenters. The fourth-order valence-electron chi connectivity index (χ4n) is 3.74. The smallest absolute Gasteiger partial charge is 0.255 e. The summed E-state index contributed by atoms with van der Waals surface area (Å²) < 4.78 is 44.4. The summed E-state index contributed by atoms with van der Waals surface area (Å²) in [5.74, 6) is 1.40. The first kappa shape index (κ1) is 25.8. The van der Waals surface area contributed by atoms with Crippen LogP contribution in [0.1, 0.15) is 49.9 Å². The Kier molecular flexibility index (Phi) is 8.79. The Morgan fingerprint density at radius 3 is 2.29 bits per heavy atom. The van der Waals surface area contributed by atoms with Gasteiger partial charge in [-0.05, 0) is 61.6 Å². The zero-order chi connectivity index (χ0) is 24.7. The van der Waals surface area contributed by atoms with Crippen LogP contribution in [0.3, 0.4) is 0 Å². The number of amides is 1. The summed E-state index contributed by atoms with van der Waals surface area (Å²) in [6, 6.07) is 9.58. The Hall–Kier alpha value is -2.78. The molecule has 1 aliphatic rings. The maximum atomic E-state index is 13.2. The number of carbonyl (C=O) groups is 1. The third-order valence-electron chi connectivity index (χ3n) is 5.73. The van der Waals surface area contributed by atoms with Crippen LogP contribution < -0.4 is 19.5 Å². The van der Waals surface area contributed by atoms with Gasteiger partial charge in [0.25, 0.3) is 5.91 Å². The molecule has 1 saturated heterocycles. The van der Waals surface area contributed by atoms with E-state index >= 15 is 0 Å². The molecule has 186 valence electrons. The Labute approximate surface area is 202 Å². The van der Waals surface area contributed by atoms with Crippen molar-refractivity contribution < 1.29 is 27.4 Å². The largest absolute Gasteiger partial charge is 0.495 e. The third kappa shape index (κ3) is 6.21. The summed E-state index contributed by atoms with van der Waals surface area (Å²) in [5.41, 5.74) is 0.724. The molecule has 8 nitrogen and oxygen atoms in total. The minimum absolute atomic E-state index is 0.0428. The zero-order valence-electron chi connectivity index (χ0n) is 20.3. The number of piperidine rings is 1. The average molecular weight is 491 g/mol. The molecule has 0 saturated carbocycles. The van der Waals surface area contributed by atoms with Gasteiger partial charge in [0, 0.05) is 24.3 Å². The standard InChI is InChI=1S/C25H34N2O6S/c1-18(2)12-15-33-21-10-8-19(16-23(21)32-4)25(28)26-20-9-11-22(31-3)24(17-20)34(29,30)27-13-6-5-7-14-27/h8-11,16-18H,5-7,12-15H2,1-4H3,(H,26,28). The number of benzene rings is 2. The first-order valence-electron chi connectivity index (χ1n) is 11.6. The maximum Gasteiger partial charge on any atom is 0.255 e. The minimum Gasteiger partial charge on any atom is -0.495 e. The lowest BCUT2D eigenvalue weighted by molar-refractivity contribution is 0.102. The van der Waals surface area contributed by atoms with Crippen molar-refractivity contribution in [2.24, 2.45) is 5.92 Å². The van der Waals surface area contributed by atoms with Crippen LogP contribution in [0, 0.1) is 5.92 Å². The highest BCUT2D eigenvalue weighted by Crippen LogP contribution is 2.32. The highest BCUT2D eigenvalue weighted by molar-refractivity contribution is 7.89. The topological polar surface area (TPSA) is 94.2 Å². The summed E-state index contributed by atoms with van der Waals surface area (Å²) in [6.07, 6.45) is 3.59. The van der Waals surface area contributed by atoms with E-state index in [2.05, 4.69) is 19.2 Å². The van der Waals surface area contributed by atoms with Crippen molar-refractivity contribution in [2.45, 2.75) is 44.4 Å². The molecule has 0 spiro atoms. The molecule has 2 aromatic rings. The van der Waals surface area contributed by atoms with Crippen LogP contribution in [0.15, 0.2) is 41.3 Å². The molecule has 1 heterocycles. The van der Waals surface area contributed by atoms with Gasteiger partial charge in [0.15, 0.2) is 11.5 Å². The van der Waals surface area contributed by atoms with E-state index in [1.165, 1.54) is 24.6 Å². The third-order valence-corrected chi connectivity index (χ3v) is 7.65. The van der Waals surface area contributed by atoms with Crippen LogP contribution >= 0.6 is 0 Å². The van der Waals surface area contributed by atoms with E-state index in [9.17, 15) is 13.2 Å². The molecule has 1 fully saturated rings. The van der Waals surface area contributed by atoms with E-state index in [4.69, 9.17) is 14.2 Å². The first-order chi connectivity index (χ1) is 16.3. The van der Waals surface area contributed by atoms with Crippen molar-refractivity contribution in [1.29, 1.82) is 0 Å². The molecule has 2 aromatic carbocycles. The average Bonchev–Trinajstić information content (AvgIpc) is 2.84. The van der Waals surface area contributed by atoms with E-state index in [0.29, 0.717) is 48.4 Å². The summed E-state index contributed by atoms with van der Waals surface area (Å²) in [7, 11) is -0.787. The molecule has 3 rings (SSSR count). The first-order valence-corrected chi connectivity index (χ1v) is 13.0. The highest BCUT2D eigenvalue weighted by Gasteiger charge is 2.29. The van der Waals surface area contributed by atoms with Crippen molar-refractivity contribution in [2.75, 3.05) is 39.2 Å². The fraction of sp³-hybridized carbons (Fsp3) is 0.480. The molecular formula is C25H34N2O6S. The SMILES string of the molecule is COc1cc(C(=O)Nc2ccc(OC)c(S(=O)(=O)N3CCCCC3)c2)ccc1OCCC(C)C. The Morgan fingerprint density at radius 2 is 1.65 bits per heavy atom. The zero-order valence-corrected chi connectivity index (χ0v) is 21.1. The summed E-state index contributed by atoms with van der Waals surface area (Å²) >= 11 is 0. The summed E-state index contributed by atoms with van der Waals surface area (Å²) in [6.45, 7) is 5.76. The van der Waals surface area contributed by atoms with Crippen molar-refractivity contribution >= 4 is 21.6 Å². The van der Waals surface area contributed by atoms with Gasteiger partial charge in [0.1, 0.15) is 10.6 Å². The number of carbonyl (C=O) groups excluding carboxylic acids is 1. The number of rotatable bonds is 10. The predicted octanol–water partition coefficient (Wildman–Crippen LogP) is 4.56. The number of anilines is 1. The van der Waals surface area contributed by atoms with Gasteiger partial charge in [0.05, 0.1) is 20.8 Å².